The van der Waals surface area contributed by atoms with Gasteiger partial charge in [0, 0.05) is 17.6 Å². The molecule has 0 fully saturated rings. The van der Waals surface area contributed by atoms with Crippen molar-refractivity contribution in [3.05, 3.63) is 24.3 Å². The molecule has 0 aliphatic heterocycles. The number of methoxy groups -OCH3 is 1. The van der Waals surface area contributed by atoms with E-state index in [9.17, 15) is 4.79 Å². The highest BCUT2D eigenvalue weighted by molar-refractivity contribution is 7.98. The van der Waals surface area contributed by atoms with E-state index >= 15 is 0 Å². The third-order valence-electron chi connectivity index (χ3n) is 2.99. The van der Waals surface area contributed by atoms with Gasteiger partial charge in [-0.05, 0) is 28.8 Å². The molecule has 1 aromatic carbocycles. The molecule has 0 radical (unpaired) electrons. The number of ether oxygens (including phenoxy) is 1. The summed E-state index contributed by atoms with van der Waals surface area (Å²) in [7, 11) is 1.48. The molecule has 21 heavy (non-hydrogen) atoms. The summed E-state index contributed by atoms with van der Waals surface area (Å²) in [6.07, 6.45) is 1.44. The van der Waals surface area contributed by atoms with Gasteiger partial charge in [0.15, 0.2) is 5.82 Å². The number of aromatic nitrogens is 4. The second-order valence-corrected chi connectivity index (χ2v) is 5.25. The van der Waals surface area contributed by atoms with Crippen LogP contribution in [0.25, 0.3) is 11.4 Å². The zero-order chi connectivity index (χ0) is 15.2. The summed E-state index contributed by atoms with van der Waals surface area (Å²) in [5.41, 5.74) is 0.878. The largest absolute Gasteiger partial charge is 0.481 e. The highest BCUT2D eigenvalue weighted by Gasteiger charge is 2.17. The molecule has 0 aliphatic carbocycles. The fourth-order valence-corrected chi connectivity index (χ4v) is 2.29. The highest BCUT2D eigenvalue weighted by Crippen LogP contribution is 2.21. The number of nitrogens with zero attached hydrogens (tertiary/aromatic N) is 4. The van der Waals surface area contributed by atoms with Gasteiger partial charge in [-0.1, -0.05) is 12.1 Å². The van der Waals surface area contributed by atoms with Crippen molar-refractivity contribution >= 4 is 17.7 Å². The maximum Gasteiger partial charge on any atom is 0.306 e. The number of benzene rings is 1. The minimum atomic E-state index is -0.916. The van der Waals surface area contributed by atoms with Crippen molar-refractivity contribution in [3.8, 4) is 11.4 Å². The molecular formula is C13H16N4O3S. The first-order valence-electron chi connectivity index (χ1n) is 6.29. The van der Waals surface area contributed by atoms with Gasteiger partial charge in [-0.15, -0.1) is 16.9 Å². The van der Waals surface area contributed by atoms with Crippen molar-refractivity contribution < 1.29 is 14.6 Å². The van der Waals surface area contributed by atoms with E-state index in [0.717, 1.165) is 10.5 Å². The summed E-state index contributed by atoms with van der Waals surface area (Å²) in [4.78, 5) is 11.9. The Kier molecular flexibility index (Phi) is 5.29. The monoisotopic (exact) mass is 308 g/mol. The van der Waals surface area contributed by atoms with Crippen molar-refractivity contribution in [2.45, 2.75) is 24.0 Å². The quantitative estimate of drug-likeness (QED) is 0.776. The zero-order valence-electron chi connectivity index (χ0n) is 11.8. The van der Waals surface area contributed by atoms with Crippen LogP contribution in [0.2, 0.25) is 0 Å². The van der Waals surface area contributed by atoms with Gasteiger partial charge < -0.3 is 9.84 Å². The Bertz CT molecular complexity index is 600. The fourth-order valence-electron chi connectivity index (χ4n) is 1.88. The van der Waals surface area contributed by atoms with Crippen LogP contribution in [0.3, 0.4) is 0 Å². The first-order valence-corrected chi connectivity index (χ1v) is 7.51. The van der Waals surface area contributed by atoms with Crippen LogP contribution in [-0.2, 0) is 16.1 Å². The van der Waals surface area contributed by atoms with Crippen molar-refractivity contribution in [1.29, 1.82) is 0 Å². The molecule has 1 heterocycles. The van der Waals surface area contributed by atoms with E-state index < -0.39 is 12.1 Å². The molecule has 1 unspecified atom stereocenters. The molecule has 1 atom stereocenters. The minimum absolute atomic E-state index is 0.0960. The predicted octanol–water partition coefficient (Wildman–Crippen LogP) is 1.55. The summed E-state index contributed by atoms with van der Waals surface area (Å²) in [6.45, 7) is 0.287. The van der Waals surface area contributed by atoms with Crippen LogP contribution >= 0.6 is 11.8 Å². The van der Waals surface area contributed by atoms with Crippen LogP contribution in [0.5, 0.6) is 0 Å². The van der Waals surface area contributed by atoms with Gasteiger partial charge in [0.25, 0.3) is 0 Å². The van der Waals surface area contributed by atoms with Gasteiger partial charge >= 0.3 is 5.97 Å². The first-order chi connectivity index (χ1) is 10.1. The number of thioether (sulfide) groups is 1. The van der Waals surface area contributed by atoms with Crippen molar-refractivity contribution in [3.63, 3.8) is 0 Å². The second-order valence-electron chi connectivity index (χ2n) is 4.37. The molecule has 0 bridgehead atoms. The number of aliphatic carboxylic acids is 1. The Morgan fingerprint density at radius 3 is 2.71 bits per heavy atom. The number of hydrogen-bond donors (Lipinski definition) is 1. The fraction of sp³-hybridized carbons (Fsp3) is 0.385. The topological polar surface area (TPSA) is 90.1 Å². The summed E-state index contributed by atoms with van der Waals surface area (Å²) in [5.74, 6) is -0.323. The van der Waals surface area contributed by atoms with Gasteiger partial charge in [-0.25, -0.2) is 4.68 Å². The second kappa shape index (κ2) is 7.19. The number of carboxylic acid groups (broad SMARTS) is 1. The maximum atomic E-state index is 10.8. The average Bonchev–Trinajstić information content (AvgIpc) is 2.94. The van der Waals surface area contributed by atoms with Crippen LogP contribution in [0.4, 0.5) is 0 Å². The molecule has 7 nitrogen and oxygen atoms in total. The molecule has 1 N–H and O–H groups in total. The molecule has 0 saturated heterocycles. The molecule has 2 rings (SSSR count). The molecule has 0 saturated carbocycles. The van der Waals surface area contributed by atoms with E-state index in [1.807, 2.05) is 30.5 Å². The molecular weight excluding hydrogens is 292 g/mol. The number of tetrazole rings is 1. The minimum Gasteiger partial charge on any atom is -0.481 e. The lowest BCUT2D eigenvalue weighted by Crippen LogP contribution is -2.23. The molecule has 8 heteroatoms. The van der Waals surface area contributed by atoms with Crippen LogP contribution in [0, 0.1) is 0 Å². The van der Waals surface area contributed by atoms with Crippen LogP contribution in [-0.4, -0.2) is 50.8 Å². The van der Waals surface area contributed by atoms with Gasteiger partial charge in [0.2, 0.25) is 0 Å². The molecule has 0 aliphatic rings. The predicted molar refractivity (Wildman–Crippen MR) is 78.1 cm³/mol. The summed E-state index contributed by atoms with van der Waals surface area (Å²) < 4.78 is 6.72. The molecule has 0 amide bonds. The lowest BCUT2D eigenvalue weighted by molar-refractivity contribution is -0.139. The third-order valence-corrected chi connectivity index (χ3v) is 3.74. The molecule has 112 valence electrons. The van der Waals surface area contributed by atoms with Gasteiger partial charge in [0.1, 0.15) is 0 Å². The van der Waals surface area contributed by atoms with E-state index in [1.54, 1.807) is 16.4 Å². The Balaban J connectivity index is 2.18. The standard InChI is InChI=1S/C13H16N4O3S/c1-20-10(7-12(18)19)8-17-13(14-15-16-17)9-3-5-11(21-2)6-4-9/h3-6,10H,7-8H2,1-2H3,(H,18,19). The van der Waals surface area contributed by atoms with Crippen molar-refractivity contribution in [2.24, 2.45) is 0 Å². The van der Waals surface area contributed by atoms with Crippen molar-refractivity contribution in [2.75, 3.05) is 13.4 Å². The number of hydrogen-bond acceptors (Lipinski definition) is 6. The van der Waals surface area contributed by atoms with Crippen LogP contribution in [0.1, 0.15) is 6.42 Å². The smallest absolute Gasteiger partial charge is 0.306 e. The zero-order valence-corrected chi connectivity index (χ0v) is 12.6. The number of carbonyl (C=O) groups is 1. The van der Waals surface area contributed by atoms with Gasteiger partial charge in [-0.3, -0.25) is 4.79 Å². The van der Waals surface area contributed by atoms with Crippen LogP contribution < -0.4 is 0 Å². The third kappa shape index (κ3) is 4.02. The SMILES string of the molecule is COC(CC(=O)O)Cn1nnnc1-c1ccc(SC)cc1. The molecule has 0 spiro atoms. The highest BCUT2D eigenvalue weighted by atomic mass is 32.2. The summed E-state index contributed by atoms with van der Waals surface area (Å²) >= 11 is 1.66. The summed E-state index contributed by atoms with van der Waals surface area (Å²) in [6, 6.07) is 7.86. The van der Waals surface area contributed by atoms with E-state index in [1.165, 1.54) is 7.11 Å². The summed E-state index contributed by atoms with van der Waals surface area (Å²) in [5, 5.41) is 20.4. The number of carboxylic acids is 1. The Labute approximate surface area is 126 Å². The van der Waals surface area contributed by atoms with Gasteiger partial charge in [0.05, 0.1) is 19.1 Å². The van der Waals surface area contributed by atoms with E-state index in [-0.39, 0.29) is 13.0 Å². The lowest BCUT2D eigenvalue weighted by atomic mass is 10.2. The van der Waals surface area contributed by atoms with Crippen molar-refractivity contribution in [1.82, 2.24) is 20.2 Å². The maximum absolute atomic E-state index is 10.8. The van der Waals surface area contributed by atoms with E-state index in [2.05, 4.69) is 15.5 Å². The Hall–Kier alpha value is -1.93. The average molecular weight is 308 g/mol. The Morgan fingerprint density at radius 2 is 2.14 bits per heavy atom. The lowest BCUT2D eigenvalue weighted by Gasteiger charge is -2.13. The number of rotatable bonds is 7. The Morgan fingerprint density at radius 1 is 1.43 bits per heavy atom. The van der Waals surface area contributed by atoms with E-state index in [0.29, 0.717) is 5.82 Å². The van der Waals surface area contributed by atoms with E-state index in [4.69, 9.17) is 9.84 Å². The van der Waals surface area contributed by atoms with Gasteiger partial charge in [-0.2, -0.15) is 0 Å². The normalized spacial score (nSPS) is 12.3. The molecule has 2 aromatic rings. The van der Waals surface area contributed by atoms with Crippen LogP contribution in [0.15, 0.2) is 29.2 Å². The first kappa shape index (κ1) is 15.5. The molecule has 1 aromatic heterocycles.